The minimum atomic E-state index is -0.736. The number of aromatic nitrogens is 4. The van der Waals surface area contributed by atoms with Crippen LogP contribution < -0.4 is 10.6 Å². The van der Waals surface area contributed by atoms with Crippen molar-refractivity contribution in [3.63, 3.8) is 0 Å². The number of hydrogen-bond donors (Lipinski definition) is 4. The minimum Gasteiger partial charge on any atom is -0.453 e. The van der Waals surface area contributed by atoms with E-state index in [9.17, 15) is 19.2 Å². The molecule has 0 spiro atoms. The smallest absolute Gasteiger partial charge is 0.407 e. The Kier molecular flexibility index (Phi) is 10.7. The van der Waals surface area contributed by atoms with Crippen molar-refractivity contribution >= 4 is 45.8 Å². The average Bonchev–Trinajstić information content (AvgIpc) is 4.09. The van der Waals surface area contributed by atoms with Crippen LogP contribution in [0, 0.1) is 17.8 Å². The molecule has 308 valence electrons. The standard InChI is InChI=1S/C45H52N8O6/c1-23(2)37(50-44(56)58-6)42(54)52-22-25(5)16-36(52)40-46-21-35(49-40)30-11-10-26-17-27(8-9-28(26)18-30)29-13-15-33-34(20-29)48-41(47-33)39-31-12-14-32(19-31)53(39)43(55)38(24(3)4)51-45(57)59-7/h8-11,13,15-18,20-21,23-24,31-32,36-39H,12,14,19,22H2,1-7H3,(H,46,49)(H,47,48)(H,50,56)(H,51,57)/t31-,32+,36+,37+,38+,39+/m1/s1. The van der Waals surface area contributed by atoms with E-state index in [1.54, 1.807) is 11.1 Å². The number of ether oxygens (including phenoxy) is 2. The van der Waals surface area contributed by atoms with E-state index in [1.165, 1.54) is 14.2 Å². The van der Waals surface area contributed by atoms with Gasteiger partial charge in [-0.15, -0.1) is 0 Å². The van der Waals surface area contributed by atoms with Crippen molar-refractivity contribution < 1.29 is 28.7 Å². The van der Waals surface area contributed by atoms with Gasteiger partial charge in [0, 0.05) is 18.2 Å². The number of nitrogens with zero attached hydrogens (tertiary/aromatic N) is 4. The zero-order valence-corrected chi connectivity index (χ0v) is 34.5. The number of rotatable bonds is 10. The van der Waals surface area contributed by atoms with E-state index in [-0.39, 0.29) is 35.7 Å². The maximum Gasteiger partial charge on any atom is 0.407 e. The first-order valence-electron chi connectivity index (χ1n) is 20.4. The van der Waals surface area contributed by atoms with Crippen LogP contribution in [0.3, 0.4) is 0 Å². The monoisotopic (exact) mass is 800 g/mol. The number of nitrogens with one attached hydrogen (secondary N) is 4. The van der Waals surface area contributed by atoms with Crippen LogP contribution in [0.15, 0.2) is 72.4 Å². The first-order valence-corrected chi connectivity index (χ1v) is 20.4. The molecule has 4 amide bonds. The first kappa shape index (κ1) is 39.6. The fourth-order valence-electron chi connectivity index (χ4n) is 9.19. The number of likely N-dealkylation sites (tertiary alicyclic amines) is 1. The van der Waals surface area contributed by atoms with Crippen LogP contribution in [0.25, 0.3) is 44.2 Å². The lowest BCUT2D eigenvalue weighted by atomic mass is 9.95. The van der Waals surface area contributed by atoms with Gasteiger partial charge in [-0.1, -0.05) is 69.7 Å². The molecule has 2 aliphatic heterocycles. The van der Waals surface area contributed by atoms with Gasteiger partial charge in [0.2, 0.25) is 11.8 Å². The molecule has 14 heteroatoms. The van der Waals surface area contributed by atoms with E-state index in [2.05, 4.69) is 69.1 Å². The molecular weight excluding hydrogens is 749 g/mol. The molecule has 59 heavy (non-hydrogen) atoms. The Morgan fingerprint density at radius 3 is 2.08 bits per heavy atom. The summed E-state index contributed by atoms with van der Waals surface area (Å²) in [5.74, 6) is 1.19. The highest BCUT2D eigenvalue weighted by atomic mass is 16.5. The van der Waals surface area contributed by atoms with Gasteiger partial charge in [0.15, 0.2) is 0 Å². The molecule has 0 radical (unpaired) electrons. The van der Waals surface area contributed by atoms with E-state index in [4.69, 9.17) is 19.4 Å². The summed E-state index contributed by atoms with van der Waals surface area (Å²) in [5.41, 5.74) is 6.69. The maximum atomic E-state index is 14.0. The molecule has 4 N–H and O–H groups in total. The molecule has 8 rings (SSSR count). The number of H-pyrrole nitrogens is 2. The zero-order chi connectivity index (χ0) is 41.7. The van der Waals surface area contributed by atoms with Gasteiger partial charge >= 0.3 is 12.2 Å². The van der Waals surface area contributed by atoms with Crippen LogP contribution in [0.4, 0.5) is 9.59 Å². The maximum absolute atomic E-state index is 14.0. The van der Waals surface area contributed by atoms with Gasteiger partial charge in [-0.2, -0.15) is 0 Å². The third-order valence-corrected chi connectivity index (χ3v) is 12.2. The summed E-state index contributed by atoms with van der Waals surface area (Å²) in [4.78, 5) is 72.4. The number of fused-ring (bicyclic) bond motifs is 4. The topological polar surface area (TPSA) is 175 Å². The molecule has 2 bridgehead atoms. The summed E-state index contributed by atoms with van der Waals surface area (Å²) in [6, 6.07) is 17.0. The summed E-state index contributed by atoms with van der Waals surface area (Å²) in [6.07, 6.45) is 5.48. The first-order chi connectivity index (χ1) is 28.3. The Balaban J connectivity index is 1.01. The van der Waals surface area contributed by atoms with Crippen LogP contribution >= 0.6 is 0 Å². The SMILES string of the molecule is COC(=O)N[C@H](C(=O)N1CC(C)=C[C@H]1c1ncc(-c2ccc3cc(-c4ccc5nc([C@@H]6[C@@H]7CC[C@@H](C7)N6C(=O)[C@@H](NC(=O)OC)C(C)C)[nH]c5c4)ccc3c2)[nH]1)C(C)C. The van der Waals surface area contributed by atoms with Crippen molar-refractivity contribution in [3.8, 4) is 22.4 Å². The lowest BCUT2D eigenvalue weighted by Gasteiger charge is -2.37. The van der Waals surface area contributed by atoms with Gasteiger partial charge in [0.25, 0.3) is 0 Å². The van der Waals surface area contributed by atoms with Crippen molar-refractivity contribution in [3.05, 3.63) is 84.1 Å². The third kappa shape index (κ3) is 7.52. The van der Waals surface area contributed by atoms with Crippen molar-refractivity contribution in [2.75, 3.05) is 20.8 Å². The summed E-state index contributed by atoms with van der Waals surface area (Å²) < 4.78 is 9.62. The van der Waals surface area contributed by atoms with E-state index in [1.807, 2.05) is 51.7 Å². The summed E-state index contributed by atoms with van der Waals surface area (Å²) in [6.45, 7) is 10.1. The molecule has 1 saturated carbocycles. The van der Waals surface area contributed by atoms with E-state index in [0.29, 0.717) is 18.3 Å². The van der Waals surface area contributed by atoms with E-state index in [0.717, 1.165) is 74.9 Å². The second-order valence-electron chi connectivity index (χ2n) is 16.9. The number of benzene rings is 3. The highest BCUT2D eigenvalue weighted by Crippen LogP contribution is 2.50. The second-order valence-corrected chi connectivity index (χ2v) is 16.9. The number of hydrogen-bond acceptors (Lipinski definition) is 8. The zero-order valence-electron chi connectivity index (χ0n) is 34.5. The van der Waals surface area contributed by atoms with Crippen LogP contribution in [0.5, 0.6) is 0 Å². The number of aromatic amines is 2. The minimum absolute atomic E-state index is 0.0955. The molecule has 3 aliphatic rings. The molecule has 6 atom stereocenters. The number of methoxy groups -OCH3 is 2. The molecular formula is C45H52N8O6. The number of amides is 4. The Hall–Kier alpha value is -6.18. The molecule has 3 aromatic carbocycles. The van der Waals surface area contributed by atoms with Gasteiger partial charge in [0.05, 0.1) is 43.2 Å². The van der Waals surface area contributed by atoms with Crippen LogP contribution in [-0.2, 0) is 19.1 Å². The van der Waals surface area contributed by atoms with Crippen LogP contribution in [-0.4, -0.2) is 92.6 Å². The summed E-state index contributed by atoms with van der Waals surface area (Å²) in [5, 5.41) is 7.61. The van der Waals surface area contributed by atoms with Gasteiger partial charge in [-0.25, -0.2) is 19.6 Å². The lowest BCUT2D eigenvalue weighted by molar-refractivity contribution is -0.139. The summed E-state index contributed by atoms with van der Waals surface area (Å²) >= 11 is 0. The van der Waals surface area contributed by atoms with Crippen LogP contribution in [0.1, 0.15) is 77.6 Å². The Bertz CT molecular complexity index is 2470. The molecule has 14 nitrogen and oxygen atoms in total. The molecule has 1 saturated heterocycles. The Morgan fingerprint density at radius 2 is 1.41 bits per heavy atom. The van der Waals surface area contributed by atoms with E-state index >= 15 is 0 Å². The van der Waals surface area contributed by atoms with Gasteiger partial charge in [0.1, 0.15) is 29.8 Å². The second kappa shape index (κ2) is 15.9. The van der Waals surface area contributed by atoms with Crippen molar-refractivity contribution in [1.82, 2.24) is 40.4 Å². The fraction of sp³-hybridized carbons (Fsp3) is 0.422. The molecule has 2 fully saturated rings. The van der Waals surface area contributed by atoms with Crippen molar-refractivity contribution in [2.24, 2.45) is 17.8 Å². The molecule has 2 aromatic heterocycles. The third-order valence-electron chi connectivity index (χ3n) is 12.2. The number of carbonyl (C=O) groups excluding carboxylic acids is 4. The number of carbonyl (C=O) groups is 4. The van der Waals surface area contributed by atoms with Crippen molar-refractivity contribution in [1.29, 1.82) is 0 Å². The van der Waals surface area contributed by atoms with Gasteiger partial charge < -0.3 is 39.9 Å². The van der Waals surface area contributed by atoms with Gasteiger partial charge in [-0.05, 0) is 90.1 Å². The van der Waals surface area contributed by atoms with E-state index < -0.39 is 30.3 Å². The quantitative estimate of drug-likeness (QED) is 0.106. The molecule has 0 unspecified atom stereocenters. The number of piperidine rings is 1. The average molecular weight is 801 g/mol. The van der Waals surface area contributed by atoms with Crippen LogP contribution in [0.2, 0.25) is 0 Å². The molecule has 5 aromatic rings. The Labute approximate surface area is 343 Å². The lowest BCUT2D eigenvalue weighted by Crippen LogP contribution is -2.54. The predicted octanol–water partition coefficient (Wildman–Crippen LogP) is 7.42. The highest BCUT2D eigenvalue weighted by Gasteiger charge is 2.51. The highest BCUT2D eigenvalue weighted by molar-refractivity contribution is 5.92. The molecule has 1 aliphatic carbocycles. The summed E-state index contributed by atoms with van der Waals surface area (Å²) in [7, 11) is 2.59. The Morgan fingerprint density at radius 1 is 0.780 bits per heavy atom. The normalized spacial score (nSPS) is 21.0. The number of imidazole rings is 2. The fourth-order valence-corrected chi connectivity index (χ4v) is 9.19. The number of alkyl carbamates (subject to hydrolysis) is 2. The van der Waals surface area contributed by atoms with Gasteiger partial charge in [-0.3, -0.25) is 9.59 Å². The molecule has 4 heterocycles. The largest absolute Gasteiger partial charge is 0.453 e. The van der Waals surface area contributed by atoms with Crippen molar-refractivity contribution in [2.45, 2.75) is 84.1 Å². The predicted molar refractivity (Wildman–Crippen MR) is 224 cm³/mol.